The summed E-state index contributed by atoms with van der Waals surface area (Å²) in [7, 11) is 0. The number of hydrogen-bond acceptors (Lipinski definition) is 3. The van der Waals surface area contributed by atoms with E-state index < -0.39 is 0 Å². The van der Waals surface area contributed by atoms with E-state index in [-0.39, 0.29) is 17.5 Å². The van der Waals surface area contributed by atoms with E-state index in [2.05, 4.69) is 13.8 Å². The zero-order valence-corrected chi connectivity index (χ0v) is 9.28. The molecule has 1 aromatic rings. The Labute approximate surface area is 89.6 Å². The highest BCUT2D eigenvalue weighted by molar-refractivity contribution is 5.47. The molecule has 1 aromatic carbocycles. The van der Waals surface area contributed by atoms with Crippen LogP contribution in [0.4, 0.5) is 0 Å². The van der Waals surface area contributed by atoms with Gasteiger partial charge in [0.15, 0.2) is 0 Å². The van der Waals surface area contributed by atoms with Gasteiger partial charge in [-0.25, -0.2) is 0 Å². The van der Waals surface area contributed by atoms with Crippen molar-refractivity contribution in [2.24, 2.45) is 0 Å². The fourth-order valence-corrected chi connectivity index (χ4v) is 1.91. The molecule has 0 fully saturated rings. The number of phenolic OH excluding ortho intramolecular Hbond substituents is 1. The minimum Gasteiger partial charge on any atom is -0.508 e. The summed E-state index contributed by atoms with van der Waals surface area (Å²) in [6.45, 7) is 6.67. The molecule has 1 aliphatic heterocycles. The third-order valence-electron chi connectivity index (χ3n) is 2.80. The third-order valence-corrected chi connectivity index (χ3v) is 2.80. The van der Waals surface area contributed by atoms with Gasteiger partial charge in [-0.15, -0.1) is 0 Å². The second kappa shape index (κ2) is 3.42. The Morgan fingerprint density at radius 1 is 1.47 bits per heavy atom. The number of ether oxygens (including phenoxy) is 2. The molecule has 0 aliphatic carbocycles. The van der Waals surface area contributed by atoms with Crippen LogP contribution in [0.5, 0.6) is 11.5 Å². The number of hydrogen-bond donors (Lipinski definition) is 1. The van der Waals surface area contributed by atoms with Crippen molar-refractivity contribution in [1.82, 2.24) is 0 Å². The minimum atomic E-state index is -0.265. The Morgan fingerprint density at radius 2 is 2.20 bits per heavy atom. The first-order chi connectivity index (χ1) is 7.05. The lowest BCUT2D eigenvalue weighted by molar-refractivity contribution is -0.0981. The van der Waals surface area contributed by atoms with Gasteiger partial charge >= 0.3 is 0 Å². The number of aromatic hydroxyl groups is 1. The van der Waals surface area contributed by atoms with Crippen molar-refractivity contribution >= 4 is 0 Å². The van der Waals surface area contributed by atoms with Crippen LogP contribution in [0.25, 0.3) is 0 Å². The van der Waals surface area contributed by atoms with Crippen LogP contribution in [0.15, 0.2) is 18.2 Å². The Kier molecular flexibility index (Phi) is 2.35. The lowest BCUT2D eigenvalue weighted by Crippen LogP contribution is -2.34. The molecular formula is C12H16O3. The normalized spacial score (nSPS) is 22.2. The molecule has 15 heavy (non-hydrogen) atoms. The average Bonchev–Trinajstić information content (AvgIpc) is 2.41. The summed E-state index contributed by atoms with van der Waals surface area (Å²) in [5, 5.41) is 9.45. The first kappa shape index (κ1) is 10.3. The molecule has 1 heterocycles. The first-order valence-corrected chi connectivity index (χ1v) is 5.17. The van der Waals surface area contributed by atoms with Gasteiger partial charge < -0.3 is 14.6 Å². The molecule has 3 heteroatoms. The van der Waals surface area contributed by atoms with E-state index in [1.54, 1.807) is 18.2 Å². The maximum Gasteiger partial charge on any atom is 0.209 e. The summed E-state index contributed by atoms with van der Waals surface area (Å²) in [6.07, 6.45) is -0.265. The van der Waals surface area contributed by atoms with Crippen molar-refractivity contribution in [1.29, 1.82) is 0 Å². The van der Waals surface area contributed by atoms with Gasteiger partial charge in [-0.05, 0) is 39.0 Å². The number of phenols is 1. The maximum absolute atomic E-state index is 9.45. The molecule has 0 saturated heterocycles. The zero-order valence-electron chi connectivity index (χ0n) is 9.28. The van der Waals surface area contributed by atoms with Crippen LogP contribution in [-0.2, 0) is 10.2 Å². The third kappa shape index (κ3) is 1.57. The van der Waals surface area contributed by atoms with Gasteiger partial charge in [0.1, 0.15) is 11.5 Å². The van der Waals surface area contributed by atoms with Crippen molar-refractivity contribution in [2.75, 3.05) is 6.61 Å². The molecule has 0 radical (unpaired) electrons. The molecule has 0 amide bonds. The van der Waals surface area contributed by atoms with E-state index in [1.165, 1.54) is 0 Å². The molecule has 2 rings (SSSR count). The zero-order chi connectivity index (χ0) is 11.1. The first-order valence-electron chi connectivity index (χ1n) is 5.17. The van der Waals surface area contributed by atoms with Crippen LogP contribution in [0, 0.1) is 0 Å². The fourth-order valence-electron chi connectivity index (χ4n) is 1.91. The highest BCUT2D eigenvalue weighted by Crippen LogP contribution is 2.44. The second-order valence-electron chi connectivity index (χ2n) is 4.31. The molecule has 0 spiro atoms. The van der Waals surface area contributed by atoms with Crippen LogP contribution >= 0.6 is 0 Å². The van der Waals surface area contributed by atoms with E-state index in [0.29, 0.717) is 6.61 Å². The topological polar surface area (TPSA) is 38.7 Å². The summed E-state index contributed by atoms with van der Waals surface area (Å²) in [6, 6.07) is 5.16. The van der Waals surface area contributed by atoms with Crippen molar-refractivity contribution in [3.05, 3.63) is 23.8 Å². The summed E-state index contributed by atoms with van der Waals surface area (Å²) in [5.74, 6) is 1.07. The van der Waals surface area contributed by atoms with Crippen LogP contribution in [0.2, 0.25) is 0 Å². The lowest BCUT2D eigenvalue weighted by atomic mass is 9.85. The van der Waals surface area contributed by atoms with Crippen LogP contribution in [0.1, 0.15) is 26.3 Å². The van der Waals surface area contributed by atoms with Crippen LogP contribution in [-0.4, -0.2) is 18.0 Å². The molecule has 1 atom stereocenters. The molecule has 1 unspecified atom stereocenters. The van der Waals surface area contributed by atoms with Crippen LogP contribution < -0.4 is 4.74 Å². The number of fused-ring (bicyclic) bond motifs is 1. The largest absolute Gasteiger partial charge is 0.508 e. The lowest BCUT2D eigenvalue weighted by Gasteiger charge is -2.25. The monoisotopic (exact) mass is 208 g/mol. The van der Waals surface area contributed by atoms with Gasteiger partial charge in [-0.3, -0.25) is 0 Å². The van der Waals surface area contributed by atoms with Gasteiger partial charge in [0, 0.05) is 12.2 Å². The molecule has 3 nitrogen and oxygen atoms in total. The van der Waals surface area contributed by atoms with Gasteiger partial charge in [0.25, 0.3) is 0 Å². The van der Waals surface area contributed by atoms with Crippen LogP contribution in [0.3, 0.4) is 0 Å². The molecule has 82 valence electrons. The SMILES string of the molecule is CCOC1Oc2ccc(O)cc2C1(C)C. The molecular weight excluding hydrogens is 192 g/mol. The summed E-state index contributed by atoms with van der Waals surface area (Å²) in [4.78, 5) is 0. The van der Waals surface area contributed by atoms with Gasteiger partial charge in [0.05, 0.1) is 5.41 Å². The van der Waals surface area contributed by atoms with Crippen molar-refractivity contribution in [3.63, 3.8) is 0 Å². The van der Waals surface area contributed by atoms with Crippen molar-refractivity contribution in [2.45, 2.75) is 32.5 Å². The molecule has 0 bridgehead atoms. The molecule has 0 saturated carbocycles. The highest BCUT2D eigenvalue weighted by atomic mass is 16.7. The maximum atomic E-state index is 9.45. The van der Waals surface area contributed by atoms with Gasteiger partial charge in [-0.1, -0.05) is 0 Å². The Bertz CT molecular complexity index is 371. The number of rotatable bonds is 2. The van der Waals surface area contributed by atoms with Crippen molar-refractivity contribution in [3.8, 4) is 11.5 Å². The summed E-state index contributed by atoms with van der Waals surface area (Å²) >= 11 is 0. The molecule has 1 N–H and O–H groups in total. The van der Waals surface area contributed by atoms with Crippen molar-refractivity contribution < 1.29 is 14.6 Å². The molecule has 1 aliphatic rings. The van der Waals surface area contributed by atoms with E-state index >= 15 is 0 Å². The summed E-state index contributed by atoms with van der Waals surface area (Å²) in [5.41, 5.74) is 0.783. The smallest absolute Gasteiger partial charge is 0.209 e. The van der Waals surface area contributed by atoms with E-state index in [1.807, 2.05) is 6.92 Å². The second-order valence-corrected chi connectivity index (χ2v) is 4.31. The predicted octanol–water partition coefficient (Wildman–Crippen LogP) is 2.42. The minimum absolute atomic E-state index is 0.218. The van der Waals surface area contributed by atoms with E-state index in [4.69, 9.17) is 9.47 Å². The highest BCUT2D eigenvalue weighted by Gasteiger charge is 2.42. The quantitative estimate of drug-likeness (QED) is 0.811. The predicted molar refractivity (Wildman–Crippen MR) is 57.2 cm³/mol. The standard InChI is InChI=1S/C12H16O3/c1-4-14-11-12(2,3)9-7-8(13)5-6-10(9)15-11/h5-7,11,13H,4H2,1-3H3. The average molecular weight is 208 g/mol. The Morgan fingerprint density at radius 3 is 2.87 bits per heavy atom. The number of benzene rings is 1. The van der Waals surface area contributed by atoms with Gasteiger partial charge in [-0.2, -0.15) is 0 Å². The Balaban J connectivity index is 2.39. The van der Waals surface area contributed by atoms with E-state index in [0.717, 1.165) is 11.3 Å². The van der Waals surface area contributed by atoms with Gasteiger partial charge in [0.2, 0.25) is 6.29 Å². The fraction of sp³-hybridized carbons (Fsp3) is 0.500. The Hall–Kier alpha value is -1.22. The van der Waals surface area contributed by atoms with E-state index in [9.17, 15) is 5.11 Å². The summed E-state index contributed by atoms with van der Waals surface area (Å²) < 4.78 is 11.2. The molecule has 0 aromatic heterocycles.